The summed E-state index contributed by atoms with van der Waals surface area (Å²) in [6.07, 6.45) is -10.4. The average Bonchev–Trinajstić information content (AvgIpc) is 2.25. The Hall–Kier alpha value is -1.19. The lowest BCUT2D eigenvalue weighted by molar-refractivity contribution is -0.276. The first kappa shape index (κ1) is 15.9. The van der Waals surface area contributed by atoms with Crippen LogP contribution in [0.3, 0.4) is 0 Å². The van der Waals surface area contributed by atoms with Crippen LogP contribution in [0.2, 0.25) is 0 Å². The Morgan fingerprint density at radius 2 is 1.79 bits per heavy atom. The third-order valence-corrected chi connectivity index (χ3v) is 2.47. The highest BCUT2D eigenvalue weighted by atomic mass is 79.9. The molecule has 0 spiro atoms. The van der Waals surface area contributed by atoms with Crippen molar-refractivity contribution in [1.82, 2.24) is 4.98 Å². The van der Waals surface area contributed by atoms with Gasteiger partial charge in [-0.3, -0.25) is 0 Å². The zero-order valence-corrected chi connectivity index (χ0v) is 10.8. The average molecular weight is 354 g/mol. The van der Waals surface area contributed by atoms with Gasteiger partial charge in [0, 0.05) is 17.0 Å². The number of nitrogens with zero attached hydrogens (tertiary/aromatic N) is 1. The van der Waals surface area contributed by atoms with Crippen molar-refractivity contribution in [2.24, 2.45) is 0 Å². The maximum Gasteiger partial charge on any atom is 0.573 e. The molecule has 0 fully saturated rings. The summed E-state index contributed by atoms with van der Waals surface area (Å²) in [6.45, 7) is 0. The first-order chi connectivity index (χ1) is 8.58. The lowest BCUT2D eigenvalue weighted by atomic mass is 10.2. The van der Waals surface area contributed by atoms with Gasteiger partial charge in [-0.15, -0.1) is 13.2 Å². The third kappa shape index (κ3) is 4.15. The molecule has 0 unspecified atom stereocenters. The predicted molar refractivity (Wildman–Crippen MR) is 55.1 cm³/mol. The van der Waals surface area contributed by atoms with Crippen molar-refractivity contribution in [3.05, 3.63) is 17.3 Å². The van der Waals surface area contributed by atoms with Gasteiger partial charge in [0.1, 0.15) is 0 Å². The molecular formula is C9H6BrF6NO2. The minimum absolute atomic E-state index is 0.291. The van der Waals surface area contributed by atoms with E-state index in [4.69, 9.17) is 0 Å². The Kier molecular flexibility index (Phi) is 4.54. The number of ether oxygens (including phenoxy) is 2. The fraction of sp³-hybridized carbons (Fsp3) is 0.444. The highest BCUT2D eigenvalue weighted by Gasteiger charge is 2.42. The van der Waals surface area contributed by atoms with Crippen LogP contribution < -0.4 is 9.47 Å². The summed E-state index contributed by atoms with van der Waals surface area (Å²) < 4.78 is 82.4. The predicted octanol–water partition coefficient (Wildman–Crippen LogP) is 3.90. The fourth-order valence-electron chi connectivity index (χ4n) is 1.19. The Morgan fingerprint density at radius 3 is 2.16 bits per heavy atom. The number of methoxy groups -OCH3 is 1. The summed E-state index contributed by atoms with van der Waals surface area (Å²) in [6, 6.07) is 0.922. The van der Waals surface area contributed by atoms with Gasteiger partial charge in [-0.1, -0.05) is 15.9 Å². The molecule has 0 bridgehead atoms. The summed E-state index contributed by atoms with van der Waals surface area (Å²) in [5.41, 5.74) is -2.17. The largest absolute Gasteiger partial charge is 0.573 e. The molecule has 0 aliphatic rings. The van der Waals surface area contributed by atoms with E-state index in [1.54, 1.807) is 0 Å². The smallest absolute Gasteiger partial charge is 0.481 e. The molecule has 0 amide bonds. The number of aromatic nitrogens is 1. The van der Waals surface area contributed by atoms with Crippen LogP contribution in [0.4, 0.5) is 26.3 Å². The van der Waals surface area contributed by atoms with Gasteiger partial charge in [0.2, 0.25) is 5.88 Å². The zero-order chi connectivity index (χ0) is 14.8. The van der Waals surface area contributed by atoms with Crippen molar-refractivity contribution in [3.63, 3.8) is 0 Å². The van der Waals surface area contributed by atoms with Gasteiger partial charge in [-0.2, -0.15) is 13.2 Å². The van der Waals surface area contributed by atoms with Crippen molar-refractivity contribution in [2.45, 2.75) is 17.9 Å². The molecule has 0 saturated heterocycles. The minimum atomic E-state index is -5.26. The minimum Gasteiger partial charge on any atom is -0.481 e. The van der Waals surface area contributed by atoms with Crippen LogP contribution in [0.25, 0.3) is 0 Å². The van der Waals surface area contributed by atoms with Gasteiger partial charge in [-0.05, 0) is 0 Å². The summed E-state index contributed by atoms with van der Waals surface area (Å²) in [5.74, 6) is -1.85. The quantitative estimate of drug-likeness (QED) is 0.610. The van der Waals surface area contributed by atoms with E-state index >= 15 is 0 Å². The monoisotopic (exact) mass is 353 g/mol. The second-order valence-corrected chi connectivity index (χ2v) is 3.74. The normalized spacial score (nSPS) is 12.4. The highest BCUT2D eigenvalue weighted by Crippen LogP contribution is 2.41. The first-order valence-corrected chi connectivity index (χ1v) is 5.67. The molecule has 0 aromatic carbocycles. The van der Waals surface area contributed by atoms with Crippen LogP contribution in [0.1, 0.15) is 11.3 Å². The fourth-order valence-corrected chi connectivity index (χ4v) is 1.60. The Bertz CT molecular complexity index is 459. The third-order valence-electron chi connectivity index (χ3n) is 1.87. The summed E-state index contributed by atoms with van der Waals surface area (Å²) >= 11 is 2.78. The molecule has 0 atom stereocenters. The van der Waals surface area contributed by atoms with Crippen LogP contribution in [-0.4, -0.2) is 18.5 Å². The Labute approximate surface area is 111 Å². The Balaban J connectivity index is 3.47. The van der Waals surface area contributed by atoms with Crippen LogP contribution >= 0.6 is 15.9 Å². The molecule has 19 heavy (non-hydrogen) atoms. The van der Waals surface area contributed by atoms with Crippen molar-refractivity contribution in [1.29, 1.82) is 0 Å². The summed E-state index contributed by atoms with van der Waals surface area (Å²) in [4.78, 5) is 2.96. The SMILES string of the molecule is COc1cc(CBr)c(OC(F)(F)F)c(C(F)(F)F)n1. The van der Waals surface area contributed by atoms with E-state index < -0.39 is 29.9 Å². The van der Waals surface area contributed by atoms with Crippen molar-refractivity contribution in [2.75, 3.05) is 7.11 Å². The van der Waals surface area contributed by atoms with E-state index in [0.717, 1.165) is 13.2 Å². The molecule has 0 saturated carbocycles. The van der Waals surface area contributed by atoms with Crippen LogP contribution in [-0.2, 0) is 11.5 Å². The summed E-state index contributed by atoms with van der Waals surface area (Å²) in [5, 5.41) is -0.291. The zero-order valence-electron chi connectivity index (χ0n) is 9.19. The molecule has 0 N–H and O–H groups in total. The molecule has 3 nitrogen and oxygen atoms in total. The lowest BCUT2D eigenvalue weighted by Crippen LogP contribution is -2.22. The van der Waals surface area contributed by atoms with E-state index in [2.05, 4.69) is 30.4 Å². The maximum atomic E-state index is 12.7. The van der Waals surface area contributed by atoms with E-state index in [1.807, 2.05) is 0 Å². The molecule has 1 aromatic heterocycles. The van der Waals surface area contributed by atoms with Gasteiger partial charge in [0.05, 0.1) is 7.11 Å². The maximum absolute atomic E-state index is 12.7. The van der Waals surface area contributed by atoms with Crippen LogP contribution in [0.5, 0.6) is 11.6 Å². The molecule has 1 aromatic rings. The molecule has 1 rings (SSSR count). The number of alkyl halides is 7. The number of hydrogen-bond acceptors (Lipinski definition) is 3. The van der Waals surface area contributed by atoms with Gasteiger partial charge in [0.25, 0.3) is 0 Å². The van der Waals surface area contributed by atoms with Crippen molar-refractivity contribution in [3.8, 4) is 11.6 Å². The van der Waals surface area contributed by atoms with Crippen molar-refractivity contribution < 1.29 is 35.8 Å². The van der Waals surface area contributed by atoms with Gasteiger partial charge in [0.15, 0.2) is 11.4 Å². The van der Waals surface area contributed by atoms with Crippen LogP contribution in [0, 0.1) is 0 Å². The van der Waals surface area contributed by atoms with Gasteiger partial charge < -0.3 is 9.47 Å². The molecule has 0 aliphatic heterocycles. The molecular weight excluding hydrogens is 348 g/mol. The topological polar surface area (TPSA) is 31.4 Å². The number of pyridine rings is 1. The second kappa shape index (κ2) is 5.43. The molecule has 0 aliphatic carbocycles. The van der Waals surface area contributed by atoms with E-state index in [0.29, 0.717) is 0 Å². The van der Waals surface area contributed by atoms with E-state index in [-0.39, 0.29) is 10.9 Å². The molecule has 1 heterocycles. The molecule has 108 valence electrons. The van der Waals surface area contributed by atoms with E-state index in [1.165, 1.54) is 0 Å². The Morgan fingerprint density at radius 1 is 1.21 bits per heavy atom. The lowest BCUT2D eigenvalue weighted by Gasteiger charge is -2.18. The molecule has 0 radical (unpaired) electrons. The molecule has 10 heteroatoms. The van der Waals surface area contributed by atoms with Gasteiger partial charge >= 0.3 is 12.5 Å². The summed E-state index contributed by atoms with van der Waals surface area (Å²) in [7, 11) is 1.05. The van der Waals surface area contributed by atoms with E-state index in [9.17, 15) is 26.3 Å². The first-order valence-electron chi connectivity index (χ1n) is 4.55. The number of halogens is 7. The standard InChI is InChI=1S/C9H6BrF6NO2/c1-18-5-2-4(3-10)6(19-9(14,15)16)7(17-5)8(11,12)13/h2H,3H2,1H3. The highest BCUT2D eigenvalue weighted by molar-refractivity contribution is 9.08. The van der Waals surface area contributed by atoms with Crippen LogP contribution in [0.15, 0.2) is 6.07 Å². The second-order valence-electron chi connectivity index (χ2n) is 3.18. The van der Waals surface area contributed by atoms with Gasteiger partial charge in [-0.25, -0.2) is 4.98 Å². The number of hydrogen-bond donors (Lipinski definition) is 0. The van der Waals surface area contributed by atoms with Crippen molar-refractivity contribution >= 4 is 15.9 Å². The number of rotatable bonds is 3.